The van der Waals surface area contributed by atoms with Gasteiger partial charge < -0.3 is 5.32 Å². The second-order valence-corrected chi connectivity index (χ2v) is 3.28. The van der Waals surface area contributed by atoms with Crippen molar-refractivity contribution in [2.45, 2.75) is 6.92 Å². The summed E-state index contributed by atoms with van der Waals surface area (Å²) in [5.41, 5.74) is -0.167. The third-order valence-corrected chi connectivity index (χ3v) is 2.17. The van der Waals surface area contributed by atoms with Crippen molar-refractivity contribution >= 4 is 28.0 Å². The number of carbonyl (C=O) groups excluding carboxylic acids is 1. The monoisotopic (exact) mass is 249 g/mol. The van der Waals surface area contributed by atoms with Gasteiger partial charge in [0.2, 0.25) is 6.41 Å². The van der Waals surface area contributed by atoms with Gasteiger partial charge in [0.25, 0.3) is 0 Å². The molecule has 1 N–H and O–H groups in total. The Morgan fingerprint density at radius 3 is 2.62 bits per heavy atom. The minimum absolute atomic E-state index is 0.0409. The molecule has 0 aliphatic rings. The van der Waals surface area contributed by atoms with E-state index in [2.05, 4.69) is 21.2 Å². The van der Waals surface area contributed by atoms with Crippen molar-refractivity contribution in [3.63, 3.8) is 0 Å². The van der Waals surface area contributed by atoms with Crippen LogP contribution in [0.2, 0.25) is 0 Å². The van der Waals surface area contributed by atoms with Crippen LogP contribution >= 0.6 is 15.9 Å². The number of carbonyl (C=O) groups is 1. The second-order valence-electron chi connectivity index (χ2n) is 2.42. The van der Waals surface area contributed by atoms with Crippen LogP contribution in [0.1, 0.15) is 5.56 Å². The zero-order valence-corrected chi connectivity index (χ0v) is 8.28. The third kappa shape index (κ3) is 1.85. The predicted octanol–water partition coefficient (Wildman–Crippen LogP) is 2.60. The van der Waals surface area contributed by atoms with E-state index in [9.17, 15) is 13.6 Å². The summed E-state index contributed by atoms with van der Waals surface area (Å²) in [7, 11) is 0. The average molecular weight is 250 g/mol. The molecule has 70 valence electrons. The Hall–Kier alpha value is -0.970. The molecule has 0 aliphatic heterocycles. The highest BCUT2D eigenvalue weighted by Gasteiger charge is 2.13. The van der Waals surface area contributed by atoms with Crippen molar-refractivity contribution in [3.8, 4) is 0 Å². The van der Waals surface area contributed by atoms with E-state index < -0.39 is 11.6 Å². The first kappa shape index (κ1) is 10.1. The number of hydrogen-bond acceptors (Lipinski definition) is 1. The van der Waals surface area contributed by atoms with Crippen molar-refractivity contribution < 1.29 is 13.6 Å². The van der Waals surface area contributed by atoms with Gasteiger partial charge >= 0.3 is 0 Å². The lowest BCUT2D eigenvalue weighted by atomic mass is 10.2. The fourth-order valence-electron chi connectivity index (χ4n) is 0.899. The van der Waals surface area contributed by atoms with E-state index in [0.717, 1.165) is 0 Å². The number of amides is 1. The van der Waals surface area contributed by atoms with Crippen molar-refractivity contribution in [2.75, 3.05) is 5.32 Å². The van der Waals surface area contributed by atoms with Crippen LogP contribution in [0.25, 0.3) is 0 Å². The number of hydrogen-bond donors (Lipinski definition) is 1. The van der Waals surface area contributed by atoms with E-state index in [4.69, 9.17) is 0 Å². The molecule has 0 bridgehead atoms. The highest BCUT2D eigenvalue weighted by atomic mass is 79.9. The first-order valence-electron chi connectivity index (χ1n) is 3.42. The minimum Gasteiger partial charge on any atom is -0.326 e. The average Bonchev–Trinajstić information content (AvgIpc) is 2.11. The Morgan fingerprint density at radius 2 is 2.08 bits per heavy atom. The Kier molecular flexibility index (Phi) is 2.98. The van der Waals surface area contributed by atoms with Crippen molar-refractivity contribution in [3.05, 3.63) is 27.7 Å². The Bertz CT molecular complexity index is 354. The maximum atomic E-state index is 13.1. The second kappa shape index (κ2) is 3.83. The molecule has 0 saturated carbocycles. The molecule has 1 aromatic rings. The fraction of sp³-hybridized carbons (Fsp3) is 0.125. The van der Waals surface area contributed by atoms with Gasteiger partial charge in [-0.05, 0) is 28.9 Å². The van der Waals surface area contributed by atoms with Gasteiger partial charge in [-0.25, -0.2) is 8.78 Å². The molecule has 0 aromatic heterocycles. The van der Waals surface area contributed by atoms with Crippen molar-refractivity contribution in [1.82, 2.24) is 0 Å². The van der Waals surface area contributed by atoms with Crippen LogP contribution in [-0.4, -0.2) is 6.41 Å². The molecule has 0 unspecified atom stereocenters. The standard InChI is InChI=1S/C8H6BrF2NO/c1-4-7(10)5(9)2-6(8(4)11)12-3-13/h2-3H,1H3,(H,12,13). The summed E-state index contributed by atoms with van der Waals surface area (Å²) in [6.45, 7) is 1.30. The largest absolute Gasteiger partial charge is 0.326 e. The van der Waals surface area contributed by atoms with Crippen LogP contribution < -0.4 is 5.32 Å². The van der Waals surface area contributed by atoms with E-state index in [1.807, 2.05) is 0 Å². The van der Waals surface area contributed by atoms with Crippen LogP contribution in [0.3, 0.4) is 0 Å². The number of anilines is 1. The summed E-state index contributed by atoms with van der Waals surface area (Å²) in [6.07, 6.45) is 0.336. The van der Waals surface area contributed by atoms with E-state index in [0.29, 0.717) is 6.41 Å². The predicted molar refractivity (Wildman–Crippen MR) is 48.5 cm³/mol. The summed E-state index contributed by atoms with van der Waals surface area (Å²) in [5.74, 6) is -1.42. The van der Waals surface area contributed by atoms with E-state index >= 15 is 0 Å². The van der Waals surface area contributed by atoms with E-state index in [1.165, 1.54) is 13.0 Å². The van der Waals surface area contributed by atoms with Crippen LogP contribution in [0.4, 0.5) is 14.5 Å². The van der Waals surface area contributed by atoms with Gasteiger partial charge in [0.15, 0.2) is 5.82 Å². The molecule has 2 nitrogen and oxygen atoms in total. The maximum absolute atomic E-state index is 13.1. The Morgan fingerprint density at radius 1 is 1.46 bits per heavy atom. The topological polar surface area (TPSA) is 29.1 Å². The summed E-state index contributed by atoms with van der Waals surface area (Å²) in [5, 5.41) is 2.13. The number of rotatable bonds is 2. The molecule has 0 heterocycles. The SMILES string of the molecule is Cc1c(F)c(Br)cc(NC=O)c1F. The zero-order valence-electron chi connectivity index (χ0n) is 6.70. The molecule has 0 radical (unpaired) electrons. The highest BCUT2D eigenvalue weighted by Crippen LogP contribution is 2.27. The lowest BCUT2D eigenvalue weighted by molar-refractivity contribution is -0.105. The summed E-state index contributed by atoms with van der Waals surface area (Å²) in [4.78, 5) is 10.0. The zero-order chi connectivity index (χ0) is 10.0. The molecule has 1 amide bonds. The quantitative estimate of drug-likeness (QED) is 0.634. The van der Waals surface area contributed by atoms with Gasteiger partial charge in [0.05, 0.1) is 10.2 Å². The van der Waals surface area contributed by atoms with E-state index in [1.54, 1.807) is 0 Å². The fourth-order valence-corrected chi connectivity index (χ4v) is 1.43. The molecule has 0 fully saturated rings. The molecule has 1 rings (SSSR count). The van der Waals surface area contributed by atoms with E-state index in [-0.39, 0.29) is 15.7 Å². The van der Waals surface area contributed by atoms with Crippen LogP contribution in [0, 0.1) is 18.6 Å². The van der Waals surface area contributed by atoms with Crippen molar-refractivity contribution in [1.29, 1.82) is 0 Å². The van der Waals surface area contributed by atoms with Gasteiger partial charge in [-0.1, -0.05) is 0 Å². The van der Waals surface area contributed by atoms with Gasteiger partial charge in [-0.15, -0.1) is 0 Å². The molecular weight excluding hydrogens is 244 g/mol. The van der Waals surface area contributed by atoms with Crippen LogP contribution in [-0.2, 0) is 4.79 Å². The summed E-state index contributed by atoms with van der Waals surface area (Å²) in [6, 6.07) is 1.17. The molecular formula is C8H6BrF2NO. The first-order chi connectivity index (χ1) is 6.07. The van der Waals surface area contributed by atoms with Crippen LogP contribution in [0.5, 0.6) is 0 Å². The molecule has 0 saturated heterocycles. The molecule has 13 heavy (non-hydrogen) atoms. The molecule has 0 atom stereocenters. The third-order valence-electron chi connectivity index (χ3n) is 1.59. The number of nitrogens with one attached hydrogen (secondary N) is 1. The minimum atomic E-state index is -0.757. The maximum Gasteiger partial charge on any atom is 0.211 e. The van der Waals surface area contributed by atoms with Gasteiger partial charge in [-0.3, -0.25) is 4.79 Å². The lowest BCUT2D eigenvalue weighted by Crippen LogP contribution is -2.01. The van der Waals surface area contributed by atoms with Gasteiger partial charge in [-0.2, -0.15) is 0 Å². The first-order valence-corrected chi connectivity index (χ1v) is 4.21. The molecule has 5 heteroatoms. The van der Waals surface area contributed by atoms with Crippen LogP contribution in [0.15, 0.2) is 10.5 Å². The highest BCUT2D eigenvalue weighted by molar-refractivity contribution is 9.10. The molecule has 0 aliphatic carbocycles. The summed E-state index contributed by atoms with van der Waals surface area (Å²) < 4.78 is 26.3. The Labute approximate surface area is 82.1 Å². The molecule has 0 spiro atoms. The number of halogens is 3. The molecule has 1 aromatic carbocycles. The summed E-state index contributed by atoms with van der Waals surface area (Å²) >= 11 is 2.90. The van der Waals surface area contributed by atoms with Crippen molar-refractivity contribution in [2.24, 2.45) is 0 Å². The normalized spacial score (nSPS) is 9.85. The Balaban J connectivity index is 3.31. The smallest absolute Gasteiger partial charge is 0.211 e. The lowest BCUT2D eigenvalue weighted by Gasteiger charge is -2.06. The van der Waals surface area contributed by atoms with Gasteiger partial charge in [0.1, 0.15) is 5.82 Å². The number of benzene rings is 1. The van der Waals surface area contributed by atoms with Gasteiger partial charge in [0, 0.05) is 5.56 Å².